The van der Waals surface area contributed by atoms with Crippen LogP contribution in [-0.2, 0) is 4.79 Å². The van der Waals surface area contributed by atoms with Crippen LogP contribution in [0.3, 0.4) is 0 Å². The van der Waals surface area contributed by atoms with Crippen molar-refractivity contribution in [1.29, 1.82) is 0 Å². The normalized spacial score (nSPS) is 18.8. The zero-order valence-corrected chi connectivity index (χ0v) is 11.9. The molecule has 106 valence electrons. The molecule has 1 aromatic carbocycles. The maximum absolute atomic E-state index is 13.3. The van der Waals surface area contributed by atoms with Gasteiger partial charge in [-0.05, 0) is 24.1 Å². The van der Waals surface area contributed by atoms with E-state index in [0.29, 0.717) is 19.5 Å². The summed E-state index contributed by atoms with van der Waals surface area (Å²) >= 11 is 0. The summed E-state index contributed by atoms with van der Waals surface area (Å²) in [7, 11) is 0. The Morgan fingerprint density at radius 3 is 3.00 bits per heavy atom. The molecule has 1 aliphatic heterocycles. The third-order valence-electron chi connectivity index (χ3n) is 3.26. The molecule has 0 radical (unpaired) electrons. The van der Waals surface area contributed by atoms with Crippen LogP contribution in [-0.4, -0.2) is 30.4 Å². The molecule has 0 aliphatic carbocycles. The highest BCUT2D eigenvalue weighted by atomic mass is 35.5. The maximum atomic E-state index is 13.3. The van der Waals surface area contributed by atoms with E-state index in [1.807, 2.05) is 17.9 Å². The number of benzene rings is 1. The van der Waals surface area contributed by atoms with Crippen LogP contribution in [0.25, 0.3) is 0 Å². The lowest BCUT2D eigenvalue weighted by Gasteiger charge is -2.36. The lowest BCUT2D eigenvalue weighted by Crippen LogP contribution is -2.48. The summed E-state index contributed by atoms with van der Waals surface area (Å²) in [5, 5.41) is 3.26. The summed E-state index contributed by atoms with van der Waals surface area (Å²) in [5.41, 5.74) is 0.867. The predicted octanol–water partition coefficient (Wildman–Crippen LogP) is 2.52. The zero-order chi connectivity index (χ0) is 13.0. The highest BCUT2D eigenvalue weighted by Gasteiger charge is 2.27. The molecule has 1 heterocycles. The van der Waals surface area contributed by atoms with Crippen LogP contribution < -0.4 is 5.32 Å². The number of carbonyl (C=O) groups is 1. The smallest absolute Gasteiger partial charge is 0.223 e. The van der Waals surface area contributed by atoms with Gasteiger partial charge in [0.15, 0.2) is 0 Å². The molecule has 1 aliphatic rings. The van der Waals surface area contributed by atoms with Gasteiger partial charge in [0.2, 0.25) is 5.91 Å². The van der Waals surface area contributed by atoms with E-state index in [1.54, 1.807) is 6.07 Å². The molecule has 1 amide bonds. The predicted molar refractivity (Wildman–Crippen MR) is 75.9 cm³/mol. The number of hydrogen-bond donors (Lipinski definition) is 1. The molecule has 1 atom stereocenters. The van der Waals surface area contributed by atoms with Crippen LogP contribution in [0.4, 0.5) is 4.39 Å². The second kappa shape index (κ2) is 7.46. The van der Waals surface area contributed by atoms with Crippen molar-refractivity contribution in [3.05, 3.63) is 35.6 Å². The second-order valence-electron chi connectivity index (χ2n) is 4.61. The van der Waals surface area contributed by atoms with E-state index >= 15 is 0 Å². The SMILES string of the molecule is CCCC(=O)N1CCNCC1c1cccc(F)c1.Cl. The molecular formula is C14H20ClFN2O. The summed E-state index contributed by atoms with van der Waals surface area (Å²) in [4.78, 5) is 13.9. The molecule has 1 aromatic rings. The highest BCUT2D eigenvalue weighted by Crippen LogP contribution is 2.23. The minimum atomic E-state index is -0.249. The Kier molecular flexibility index (Phi) is 6.25. The fourth-order valence-electron chi connectivity index (χ4n) is 2.37. The van der Waals surface area contributed by atoms with Gasteiger partial charge in [0, 0.05) is 26.1 Å². The Balaban J connectivity index is 0.00000180. The molecular weight excluding hydrogens is 267 g/mol. The number of hydrogen-bond acceptors (Lipinski definition) is 2. The summed E-state index contributed by atoms with van der Waals surface area (Å²) in [6.45, 7) is 4.19. The van der Waals surface area contributed by atoms with E-state index in [2.05, 4.69) is 5.32 Å². The van der Waals surface area contributed by atoms with Crippen molar-refractivity contribution in [3.8, 4) is 0 Å². The van der Waals surface area contributed by atoms with Crippen molar-refractivity contribution in [3.63, 3.8) is 0 Å². The molecule has 5 heteroatoms. The maximum Gasteiger partial charge on any atom is 0.223 e. The standard InChI is InChI=1S/C14H19FN2O.ClH/c1-2-4-14(18)17-8-7-16-10-13(17)11-5-3-6-12(15)9-11;/h3,5-6,9,13,16H,2,4,7-8,10H2,1H3;1H. The summed E-state index contributed by atoms with van der Waals surface area (Å²) < 4.78 is 13.3. The van der Waals surface area contributed by atoms with Gasteiger partial charge in [-0.25, -0.2) is 4.39 Å². The summed E-state index contributed by atoms with van der Waals surface area (Å²) in [5.74, 6) is -0.0887. The molecule has 0 spiro atoms. The quantitative estimate of drug-likeness (QED) is 0.926. The van der Waals surface area contributed by atoms with Gasteiger partial charge < -0.3 is 10.2 Å². The first-order valence-electron chi connectivity index (χ1n) is 6.48. The Morgan fingerprint density at radius 1 is 1.53 bits per heavy atom. The third kappa shape index (κ3) is 3.91. The largest absolute Gasteiger partial charge is 0.333 e. The van der Waals surface area contributed by atoms with Gasteiger partial charge in [0.25, 0.3) is 0 Å². The van der Waals surface area contributed by atoms with Crippen molar-refractivity contribution in [2.24, 2.45) is 0 Å². The van der Waals surface area contributed by atoms with Crippen molar-refractivity contribution in [1.82, 2.24) is 10.2 Å². The molecule has 2 rings (SSSR count). The Morgan fingerprint density at radius 2 is 2.32 bits per heavy atom. The molecule has 0 aromatic heterocycles. The van der Waals surface area contributed by atoms with Gasteiger partial charge in [-0.3, -0.25) is 4.79 Å². The van der Waals surface area contributed by atoms with E-state index < -0.39 is 0 Å². The van der Waals surface area contributed by atoms with Crippen LogP contribution in [0.15, 0.2) is 24.3 Å². The first-order chi connectivity index (χ1) is 8.72. The van der Waals surface area contributed by atoms with E-state index in [9.17, 15) is 9.18 Å². The van der Waals surface area contributed by atoms with E-state index in [4.69, 9.17) is 0 Å². The molecule has 1 fully saturated rings. The van der Waals surface area contributed by atoms with Crippen LogP contribution in [0, 0.1) is 5.82 Å². The van der Waals surface area contributed by atoms with Gasteiger partial charge >= 0.3 is 0 Å². The Labute approximate surface area is 119 Å². The first-order valence-corrected chi connectivity index (χ1v) is 6.48. The summed E-state index contributed by atoms with van der Waals surface area (Å²) in [6, 6.07) is 6.48. The molecule has 19 heavy (non-hydrogen) atoms. The number of carbonyl (C=O) groups excluding carboxylic acids is 1. The average molecular weight is 287 g/mol. The number of rotatable bonds is 3. The van der Waals surface area contributed by atoms with Gasteiger partial charge in [0.05, 0.1) is 6.04 Å². The summed E-state index contributed by atoms with van der Waals surface area (Å²) in [6.07, 6.45) is 1.41. The zero-order valence-electron chi connectivity index (χ0n) is 11.1. The molecule has 0 saturated carbocycles. The van der Waals surface area contributed by atoms with Crippen molar-refractivity contribution in [2.45, 2.75) is 25.8 Å². The van der Waals surface area contributed by atoms with Crippen LogP contribution in [0.2, 0.25) is 0 Å². The van der Waals surface area contributed by atoms with E-state index in [1.165, 1.54) is 12.1 Å². The lowest BCUT2D eigenvalue weighted by molar-refractivity contribution is -0.134. The molecule has 3 nitrogen and oxygen atoms in total. The van der Waals surface area contributed by atoms with E-state index in [0.717, 1.165) is 18.5 Å². The topological polar surface area (TPSA) is 32.3 Å². The average Bonchev–Trinajstić information content (AvgIpc) is 2.39. The number of nitrogens with one attached hydrogen (secondary N) is 1. The van der Waals surface area contributed by atoms with Gasteiger partial charge in [-0.15, -0.1) is 12.4 Å². The minimum absolute atomic E-state index is 0. The Hall–Kier alpha value is -1.13. The van der Waals surface area contributed by atoms with Crippen molar-refractivity contribution in [2.75, 3.05) is 19.6 Å². The number of piperazine rings is 1. The highest BCUT2D eigenvalue weighted by molar-refractivity contribution is 5.85. The van der Waals surface area contributed by atoms with Crippen LogP contribution in [0.5, 0.6) is 0 Å². The molecule has 1 saturated heterocycles. The van der Waals surface area contributed by atoms with Gasteiger partial charge in [-0.2, -0.15) is 0 Å². The Bertz CT molecular complexity index is 428. The fraction of sp³-hybridized carbons (Fsp3) is 0.500. The molecule has 1 N–H and O–H groups in total. The van der Waals surface area contributed by atoms with Crippen molar-refractivity contribution < 1.29 is 9.18 Å². The van der Waals surface area contributed by atoms with Crippen LogP contribution >= 0.6 is 12.4 Å². The fourth-order valence-corrected chi connectivity index (χ4v) is 2.37. The first kappa shape index (κ1) is 15.9. The number of nitrogens with zero attached hydrogens (tertiary/aromatic N) is 1. The number of amides is 1. The van der Waals surface area contributed by atoms with Crippen molar-refractivity contribution >= 4 is 18.3 Å². The lowest BCUT2D eigenvalue weighted by atomic mass is 10.0. The monoisotopic (exact) mass is 286 g/mol. The number of halogens is 2. The van der Waals surface area contributed by atoms with Gasteiger partial charge in [-0.1, -0.05) is 19.1 Å². The minimum Gasteiger partial charge on any atom is -0.333 e. The third-order valence-corrected chi connectivity index (χ3v) is 3.26. The van der Waals surface area contributed by atoms with E-state index in [-0.39, 0.29) is 30.2 Å². The van der Waals surface area contributed by atoms with Crippen LogP contribution in [0.1, 0.15) is 31.4 Å². The molecule has 1 unspecified atom stereocenters. The molecule has 0 bridgehead atoms. The van der Waals surface area contributed by atoms with Gasteiger partial charge in [0.1, 0.15) is 5.82 Å². The second-order valence-corrected chi connectivity index (χ2v) is 4.61.